The highest BCUT2D eigenvalue weighted by Crippen LogP contribution is 2.32. The molecular formula is C22H25N5O4. The van der Waals surface area contributed by atoms with Crippen LogP contribution < -0.4 is 15.7 Å². The normalized spacial score (nSPS) is 17.0. The molecule has 0 aliphatic carbocycles. The first-order valence-electron chi connectivity index (χ1n) is 10.1. The van der Waals surface area contributed by atoms with E-state index in [4.69, 9.17) is 4.74 Å². The van der Waals surface area contributed by atoms with Crippen molar-refractivity contribution in [2.45, 2.75) is 13.0 Å². The van der Waals surface area contributed by atoms with E-state index in [1.807, 2.05) is 24.3 Å². The molecule has 3 N–H and O–H groups in total. The fourth-order valence-electron chi connectivity index (χ4n) is 4.03. The maximum absolute atomic E-state index is 12.8. The lowest BCUT2D eigenvalue weighted by Crippen LogP contribution is -2.51. The first-order valence-corrected chi connectivity index (χ1v) is 10.1. The minimum Gasteiger partial charge on any atom is -0.496 e. The number of carbonyl (C=O) groups excluding carboxylic acids is 2. The van der Waals surface area contributed by atoms with Gasteiger partial charge in [0.25, 0.3) is 0 Å². The average molecular weight is 423 g/mol. The zero-order chi connectivity index (χ0) is 22.0. The minimum absolute atomic E-state index is 0.0118. The lowest BCUT2D eigenvalue weighted by Gasteiger charge is -2.41. The first kappa shape index (κ1) is 20.7. The van der Waals surface area contributed by atoms with Crippen LogP contribution in [0.1, 0.15) is 18.5 Å². The smallest absolute Gasteiger partial charge is 0.323 e. The van der Waals surface area contributed by atoms with Gasteiger partial charge in [0.15, 0.2) is 0 Å². The quantitative estimate of drug-likeness (QED) is 0.579. The van der Waals surface area contributed by atoms with Crippen molar-refractivity contribution < 1.29 is 14.3 Å². The topological polar surface area (TPSA) is 111 Å². The molecule has 1 saturated heterocycles. The van der Waals surface area contributed by atoms with Gasteiger partial charge >= 0.3 is 5.69 Å². The Kier molecular flexibility index (Phi) is 5.77. The van der Waals surface area contributed by atoms with Gasteiger partial charge in [-0.05, 0) is 24.3 Å². The van der Waals surface area contributed by atoms with Crippen molar-refractivity contribution in [3.05, 3.63) is 58.5 Å². The van der Waals surface area contributed by atoms with E-state index in [1.165, 1.54) is 0 Å². The second kappa shape index (κ2) is 8.65. The van der Waals surface area contributed by atoms with Gasteiger partial charge in [0.1, 0.15) is 5.75 Å². The Morgan fingerprint density at radius 2 is 1.90 bits per heavy atom. The number of para-hydroxylation sites is 1. The van der Waals surface area contributed by atoms with E-state index < -0.39 is 0 Å². The number of benzene rings is 2. The number of aromatic amines is 2. The third-order valence-electron chi connectivity index (χ3n) is 5.58. The van der Waals surface area contributed by atoms with E-state index in [0.717, 1.165) is 11.3 Å². The Morgan fingerprint density at radius 1 is 1.13 bits per heavy atom. The molecule has 2 amide bonds. The number of piperazine rings is 1. The summed E-state index contributed by atoms with van der Waals surface area (Å²) in [5, 5.41) is 2.90. The van der Waals surface area contributed by atoms with Crippen LogP contribution in [0.3, 0.4) is 0 Å². The molecule has 1 aromatic heterocycles. The number of ether oxygens (including phenoxy) is 1. The van der Waals surface area contributed by atoms with Gasteiger partial charge in [-0.25, -0.2) is 4.79 Å². The number of methoxy groups -OCH3 is 1. The van der Waals surface area contributed by atoms with Gasteiger partial charge in [0.05, 0.1) is 30.7 Å². The van der Waals surface area contributed by atoms with Crippen molar-refractivity contribution in [1.29, 1.82) is 0 Å². The summed E-state index contributed by atoms with van der Waals surface area (Å²) in [6.07, 6.45) is 0. The Bertz CT molecular complexity index is 1170. The monoisotopic (exact) mass is 423 g/mol. The van der Waals surface area contributed by atoms with E-state index in [2.05, 4.69) is 20.2 Å². The zero-order valence-electron chi connectivity index (χ0n) is 17.5. The molecule has 2 heterocycles. The van der Waals surface area contributed by atoms with Crippen LogP contribution in [-0.2, 0) is 9.59 Å². The van der Waals surface area contributed by atoms with Gasteiger partial charge in [-0.15, -0.1) is 0 Å². The summed E-state index contributed by atoms with van der Waals surface area (Å²) in [6, 6.07) is 12.7. The molecule has 1 atom stereocenters. The van der Waals surface area contributed by atoms with E-state index >= 15 is 0 Å². The number of fused-ring (bicyclic) bond motifs is 1. The predicted molar refractivity (Wildman–Crippen MR) is 117 cm³/mol. The standard InChI is InChI=1S/C22H25N5O4/c1-14(28)26-9-10-27(19(12-26)16-5-3-4-6-20(16)31-2)13-21(29)23-15-7-8-17-18(11-15)25-22(30)24-17/h3-8,11,19H,9-10,12-13H2,1-2H3,(H,23,29)(H2,24,25,30). The van der Waals surface area contributed by atoms with E-state index in [1.54, 1.807) is 37.1 Å². The molecule has 162 valence electrons. The molecule has 0 saturated carbocycles. The molecule has 3 aromatic rings. The molecule has 0 radical (unpaired) electrons. The largest absolute Gasteiger partial charge is 0.496 e. The summed E-state index contributed by atoms with van der Waals surface area (Å²) in [7, 11) is 1.61. The second-order valence-electron chi connectivity index (χ2n) is 7.58. The van der Waals surface area contributed by atoms with Crippen LogP contribution >= 0.6 is 0 Å². The van der Waals surface area contributed by atoms with Crippen LogP contribution in [0.5, 0.6) is 5.75 Å². The molecule has 4 rings (SSSR count). The molecule has 31 heavy (non-hydrogen) atoms. The van der Waals surface area contributed by atoms with Gasteiger partial charge in [0, 0.05) is 37.8 Å². The van der Waals surface area contributed by atoms with Gasteiger partial charge in [-0.2, -0.15) is 0 Å². The van der Waals surface area contributed by atoms with E-state index in [-0.39, 0.29) is 30.1 Å². The number of H-pyrrole nitrogens is 2. The highest BCUT2D eigenvalue weighted by Gasteiger charge is 2.32. The van der Waals surface area contributed by atoms with Crippen LogP contribution in [0, 0.1) is 0 Å². The molecule has 1 unspecified atom stereocenters. The molecular weight excluding hydrogens is 398 g/mol. The number of carbonyl (C=O) groups is 2. The van der Waals surface area contributed by atoms with Crippen LogP contribution in [0.4, 0.5) is 5.69 Å². The summed E-state index contributed by atoms with van der Waals surface area (Å²) in [6.45, 7) is 3.34. The number of amides is 2. The molecule has 1 aliphatic rings. The number of imidazole rings is 1. The van der Waals surface area contributed by atoms with Crippen molar-refractivity contribution in [2.75, 3.05) is 38.6 Å². The highest BCUT2D eigenvalue weighted by atomic mass is 16.5. The highest BCUT2D eigenvalue weighted by molar-refractivity contribution is 5.94. The third-order valence-corrected chi connectivity index (χ3v) is 5.58. The van der Waals surface area contributed by atoms with Crippen molar-refractivity contribution in [1.82, 2.24) is 19.8 Å². The molecule has 9 heteroatoms. The lowest BCUT2D eigenvalue weighted by molar-refractivity contribution is -0.132. The SMILES string of the molecule is COc1ccccc1C1CN(C(C)=O)CCN1CC(=O)Nc1ccc2[nH]c(=O)[nH]c2c1. The molecule has 0 spiro atoms. The predicted octanol–water partition coefficient (Wildman–Crippen LogP) is 1.71. The Morgan fingerprint density at radius 3 is 2.68 bits per heavy atom. The van der Waals surface area contributed by atoms with E-state index in [9.17, 15) is 14.4 Å². The lowest BCUT2D eigenvalue weighted by atomic mass is 10.0. The maximum atomic E-state index is 12.8. The molecule has 1 aliphatic heterocycles. The molecule has 0 bridgehead atoms. The third kappa shape index (κ3) is 4.46. The number of hydrogen-bond acceptors (Lipinski definition) is 5. The van der Waals surface area contributed by atoms with Crippen LogP contribution in [0.15, 0.2) is 47.3 Å². The Labute approximate surface area is 179 Å². The fourth-order valence-corrected chi connectivity index (χ4v) is 4.03. The average Bonchev–Trinajstić information content (AvgIpc) is 3.13. The van der Waals surface area contributed by atoms with Gasteiger partial charge in [-0.1, -0.05) is 18.2 Å². The maximum Gasteiger partial charge on any atom is 0.323 e. The van der Waals surface area contributed by atoms with Crippen LogP contribution in [0.25, 0.3) is 11.0 Å². The number of nitrogens with zero attached hydrogens (tertiary/aromatic N) is 2. The Hall–Kier alpha value is -3.59. The summed E-state index contributed by atoms with van der Waals surface area (Å²) < 4.78 is 5.52. The van der Waals surface area contributed by atoms with Gasteiger partial charge in [-0.3, -0.25) is 14.5 Å². The molecule has 1 fully saturated rings. The number of hydrogen-bond donors (Lipinski definition) is 3. The number of nitrogens with one attached hydrogen (secondary N) is 3. The minimum atomic E-state index is -0.290. The number of rotatable bonds is 5. The summed E-state index contributed by atoms with van der Waals surface area (Å²) >= 11 is 0. The van der Waals surface area contributed by atoms with Crippen molar-refractivity contribution in [3.8, 4) is 5.75 Å². The zero-order valence-corrected chi connectivity index (χ0v) is 17.5. The van der Waals surface area contributed by atoms with Crippen molar-refractivity contribution in [2.24, 2.45) is 0 Å². The molecule has 2 aromatic carbocycles. The Balaban J connectivity index is 1.53. The van der Waals surface area contributed by atoms with Crippen LogP contribution in [-0.4, -0.2) is 64.9 Å². The first-order chi connectivity index (χ1) is 14.9. The van der Waals surface area contributed by atoms with E-state index in [0.29, 0.717) is 36.4 Å². The van der Waals surface area contributed by atoms with Crippen molar-refractivity contribution in [3.63, 3.8) is 0 Å². The molecule has 9 nitrogen and oxygen atoms in total. The second-order valence-corrected chi connectivity index (χ2v) is 7.58. The van der Waals surface area contributed by atoms with Gasteiger partial charge in [0.2, 0.25) is 11.8 Å². The van der Waals surface area contributed by atoms with Crippen molar-refractivity contribution >= 4 is 28.5 Å². The summed E-state index contributed by atoms with van der Waals surface area (Å²) in [5.41, 5.74) is 2.56. The summed E-state index contributed by atoms with van der Waals surface area (Å²) in [5.74, 6) is 0.566. The summed E-state index contributed by atoms with van der Waals surface area (Å²) in [4.78, 5) is 45.5. The fraction of sp³-hybridized carbons (Fsp3) is 0.318. The van der Waals surface area contributed by atoms with Crippen LogP contribution in [0.2, 0.25) is 0 Å². The number of aromatic nitrogens is 2. The number of anilines is 1. The van der Waals surface area contributed by atoms with Gasteiger partial charge < -0.3 is 24.9 Å².